The molecule has 2 aliphatic heterocycles. The number of carbonyl (C=O) groups is 2. The Morgan fingerprint density at radius 3 is 2.33 bits per heavy atom. The molecule has 0 spiro atoms. The van der Waals surface area contributed by atoms with Crippen molar-refractivity contribution in [2.45, 2.75) is 51.4 Å². The SMILES string of the molecule is O=C(CCC1CCCN(C(=O)Nc2ccc(Cl)cc2)C1)N1CCCCCC1. The fourth-order valence-electron chi connectivity index (χ4n) is 4.03. The molecule has 0 bridgehead atoms. The van der Waals surface area contributed by atoms with E-state index in [9.17, 15) is 9.59 Å². The molecule has 0 saturated carbocycles. The number of rotatable bonds is 4. The first-order valence-corrected chi connectivity index (χ1v) is 10.6. The first-order valence-electron chi connectivity index (χ1n) is 10.2. The van der Waals surface area contributed by atoms with Crippen molar-refractivity contribution in [3.05, 3.63) is 29.3 Å². The monoisotopic (exact) mass is 391 g/mol. The molecule has 148 valence electrons. The molecule has 2 heterocycles. The molecule has 6 heteroatoms. The third-order valence-corrected chi connectivity index (χ3v) is 5.88. The quantitative estimate of drug-likeness (QED) is 0.803. The largest absolute Gasteiger partial charge is 0.343 e. The Balaban J connectivity index is 1.45. The second-order valence-electron chi connectivity index (χ2n) is 7.72. The number of halogens is 1. The lowest BCUT2D eigenvalue weighted by molar-refractivity contribution is -0.131. The number of benzene rings is 1. The summed E-state index contributed by atoms with van der Waals surface area (Å²) in [6, 6.07) is 7.08. The van der Waals surface area contributed by atoms with E-state index in [4.69, 9.17) is 11.6 Å². The van der Waals surface area contributed by atoms with Crippen molar-refractivity contribution < 1.29 is 9.59 Å². The average molecular weight is 392 g/mol. The number of urea groups is 1. The van der Waals surface area contributed by atoms with Crippen molar-refractivity contribution in [2.24, 2.45) is 5.92 Å². The normalized spacial score (nSPS) is 20.9. The van der Waals surface area contributed by atoms with Crippen molar-refractivity contribution in [3.8, 4) is 0 Å². The van der Waals surface area contributed by atoms with Gasteiger partial charge in [-0.15, -0.1) is 0 Å². The van der Waals surface area contributed by atoms with Crippen LogP contribution in [0.4, 0.5) is 10.5 Å². The zero-order valence-electron chi connectivity index (χ0n) is 16.0. The molecule has 1 unspecified atom stereocenters. The molecule has 2 aliphatic rings. The second-order valence-corrected chi connectivity index (χ2v) is 8.16. The van der Waals surface area contributed by atoms with Crippen molar-refractivity contribution in [1.82, 2.24) is 9.80 Å². The van der Waals surface area contributed by atoms with Crippen LogP contribution in [0.25, 0.3) is 0 Å². The molecule has 3 amide bonds. The highest BCUT2D eigenvalue weighted by molar-refractivity contribution is 6.30. The number of nitrogens with zero attached hydrogens (tertiary/aromatic N) is 2. The van der Waals surface area contributed by atoms with E-state index in [2.05, 4.69) is 5.32 Å². The fraction of sp³-hybridized carbons (Fsp3) is 0.619. The molecule has 1 aromatic rings. The van der Waals surface area contributed by atoms with E-state index < -0.39 is 0 Å². The third kappa shape index (κ3) is 6.13. The average Bonchev–Trinajstić information content (AvgIpc) is 2.98. The maximum atomic E-state index is 12.5. The summed E-state index contributed by atoms with van der Waals surface area (Å²) < 4.78 is 0. The van der Waals surface area contributed by atoms with Crippen molar-refractivity contribution in [1.29, 1.82) is 0 Å². The van der Waals surface area contributed by atoms with Gasteiger partial charge in [-0.25, -0.2) is 4.79 Å². The minimum atomic E-state index is -0.0686. The van der Waals surface area contributed by atoms with Gasteiger partial charge in [-0.2, -0.15) is 0 Å². The molecule has 5 nitrogen and oxygen atoms in total. The van der Waals surface area contributed by atoms with Crippen LogP contribution in [0.3, 0.4) is 0 Å². The van der Waals surface area contributed by atoms with Gasteiger partial charge in [-0.1, -0.05) is 24.4 Å². The molecule has 3 rings (SSSR count). The number of nitrogens with one attached hydrogen (secondary N) is 1. The van der Waals surface area contributed by atoms with Gasteiger partial charge < -0.3 is 15.1 Å². The number of piperidine rings is 1. The highest BCUT2D eigenvalue weighted by Crippen LogP contribution is 2.23. The van der Waals surface area contributed by atoms with Gasteiger partial charge in [0, 0.05) is 43.3 Å². The van der Waals surface area contributed by atoms with E-state index in [-0.39, 0.29) is 6.03 Å². The van der Waals surface area contributed by atoms with Gasteiger partial charge in [-0.05, 0) is 62.3 Å². The predicted octanol–water partition coefficient (Wildman–Crippen LogP) is 4.77. The molecule has 27 heavy (non-hydrogen) atoms. The Bertz CT molecular complexity index is 627. The highest BCUT2D eigenvalue weighted by atomic mass is 35.5. The van der Waals surface area contributed by atoms with Crippen LogP contribution in [0.15, 0.2) is 24.3 Å². The lowest BCUT2D eigenvalue weighted by Gasteiger charge is -2.33. The smallest absolute Gasteiger partial charge is 0.321 e. The summed E-state index contributed by atoms with van der Waals surface area (Å²) in [7, 11) is 0. The summed E-state index contributed by atoms with van der Waals surface area (Å²) >= 11 is 5.89. The Labute approximate surface area is 167 Å². The molecular formula is C21H30ClN3O2. The number of carbonyl (C=O) groups excluding carboxylic acids is 2. The van der Waals surface area contributed by atoms with E-state index in [1.54, 1.807) is 12.1 Å². The van der Waals surface area contributed by atoms with Crippen LogP contribution in [-0.4, -0.2) is 47.9 Å². The van der Waals surface area contributed by atoms with Crippen LogP contribution in [-0.2, 0) is 4.79 Å². The molecule has 0 aliphatic carbocycles. The molecule has 1 N–H and O–H groups in total. The van der Waals surface area contributed by atoms with Gasteiger partial charge in [0.15, 0.2) is 0 Å². The highest BCUT2D eigenvalue weighted by Gasteiger charge is 2.25. The summed E-state index contributed by atoms with van der Waals surface area (Å²) in [6.45, 7) is 3.33. The standard InChI is InChI=1S/C21H30ClN3O2/c22-18-8-10-19(11-9-18)23-21(27)25-15-5-6-17(16-25)7-12-20(26)24-13-3-1-2-4-14-24/h8-11,17H,1-7,12-16H2,(H,23,27). The molecule has 1 aromatic carbocycles. The van der Waals surface area contributed by atoms with Crippen molar-refractivity contribution in [3.63, 3.8) is 0 Å². The van der Waals surface area contributed by atoms with Crippen molar-refractivity contribution in [2.75, 3.05) is 31.5 Å². The van der Waals surface area contributed by atoms with E-state index in [0.717, 1.165) is 64.0 Å². The number of hydrogen-bond donors (Lipinski definition) is 1. The zero-order chi connectivity index (χ0) is 19.1. The van der Waals surface area contributed by atoms with Crippen LogP contribution in [0.1, 0.15) is 51.4 Å². The van der Waals surface area contributed by atoms with Crippen LogP contribution >= 0.6 is 11.6 Å². The lowest BCUT2D eigenvalue weighted by atomic mass is 9.93. The number of hydrogen-bond acceptors (Lipinski definition) is 2. The zero-order valence-corrected chi connectivity index (χ0v) is 16.7. The van der Waals surface area contributed by atoms with Crippen LogP contribution in [0.5, 0.6) is 0 Å². The van der Waals surface area contributed by atoms with Crippen molar-refractivity contribution >= 4 is 29.2 Å². The molecular weight excluding hydrogens is 362 g/mol. The third-order valence-electron chi connectivity index (χ3n) is 5.63. The maximum Gasteiger partial charge on any atom is 0.321 e. The van der Waals surface area contributed by atoms with E-state index in [1.165, 1.54) is 12.8 Å². The molecule has 1 atom stereocenters. The van der Waals surface area contributed by atoms with Crippen LogP contribution in [0.2, 0.25) is 5.02 Å². The van der Waals surface area contributed by atoms with Gasteiger partial charge in [0.1, 0.15) is 0 Å². The molecule has 2 fully saturated rings. The van der Waals surface area contributed by atoms with Gasteiger partial charge in [-0.3, -0.25) is 4.79 Å². The minimum Gasteiger partial charge on any atom is -0.343 e. The lowest BCUT2D eigenvalue weighted by Crippen LogP contribution is -2.42. The number of amides is 3. The first-order chi connectivity index (χ1) is 13.1. The van der Waals surface area contributed by atoms with Gasteiger partial charge in [0.05, 0.1) is 0 Å². The first kappa shape index (κ1) is 20.0. The topological polar surface area (TPSA) is 52.7 Å². The van der Waals surface area contributed by atoms with Crippen LogP contribution in [0, 0.1) is 5.92 Å². The predicted molar refractivity (Wildman–Crippen MR) is 109 cm³/mol. The Morgan fingerprint density at radius 2 is 1.63 bits per heavy atom. The van der Waals surface area contributed by atoms with Crippen LogP contribution < -0.4 is 5.32 Å². The van der Waals surface area contributed by atoms with Gasteiger partial charge >= 0.3 is 6.03 Å². The molecule has 0 radical (unpaired) electrons. The van der Waals surface area contributed by atoms with Gasteiger partial charge in [0.25, 0.3) is 0 Å². The maximum absolute atomic E-state index is 12.5. The minimum absolute atomic E-state index is 0.0686. The number of likely N-dealkylation sites (tertiary alicyclic amines) is 2. The van der Waals surface area contributed by atoms with E-state index in [0.29, 0.717) is 23.3 Å². The summed E-state index contributed by atoms with van der Waals surface area (Å²) in [4.78, 5) is 28.9. The van der Waals surface area contributed by atoms with E-state index >= 15 is 0 Å². The fourth-order valence-corrected chi connectivity index (χ4v) is 4.15. The Morgan fingerprint density at radius 1 is 0.963 bits per heavy atom. The number of anilines is 1. The summed E-state index contributed by atoms with van der Waals surface area (Å²) in [6.07, 6.45) is 8.32. The molecule has 0 aromatic heterocycles. The Hall–Kier alpha value is -1.75. The summed E-state index contributed by atoms with van der Waals surface area (Å²) in [5.41, 5.74) is 0.753. The summed E-state index contributed by atoms with van der Waals surface area (Å²) in [5.74, 6) is 0.699. The second kappa shape index (κ2) is 9.98. The summed E-state index contributed by atoms with van der Waals surface area (Å²) in [5, 5.41) is 3.59. The Kier molecular flexibility index (Phi) is 7.39. The molecule has 2 saturated heterocycles. The van der Waals surface area contributed by atoms with Gasteiger partial charge in [0.2, 0.25) is 5.91 Å². The van der Waals surface area contributed by atoms with E-state index in [1.807, 2.05) is 21.9 Å².